The van der Waals surface area contributed by atoms with Crippen molar-refractivity contribution < 1.29 is 33.9 Å². The minimum absolute atomic E-state index is 0.0572. The molecule has 204 valence electrons. The van der Waals surface area contributed by atoms with Crippen LogP contribution >= 0.6 is 0 Å². The highest BCUT2D eigenvalue weighted by Crippen LogP contribution is 2.20. The zero-order valence-electron chi connectivity index (χ0n) is 21.6. The predicted octanol–water partition coefficient (Wildman–Crippen LogP) is 1.44. The van der Waals surface area contributed by atoms with E-state index in [-0.39, 0.29) is 13.0 Å². The monoisotopic (exact) mass is 525 g/mol. The fraction of sp³-hybridized carbons (Fsp3) is 0.444. The van der Waals surface area contributed by atoms with E-state index < -0.39 is 43.1 Å². The molecule has 10 nitrogen and oxygen atoms in total. The summed E-state index contributed by atoms with van der Waals surface area (Å²) in [7, 11) is -0.198. The number of ether oxygens (including phenoxy) is 2. The second kappa shape index (κ2) is 15.1. The maximum atomic E-state index is 13.7. The van der Waals surface area contributed by atoms with Crippen LogP contribution in [0.25, 0.3) is 0 Å². The van der Waals surface area contributed by atoms with E-state index in [0.29, 0.717) is 38.8 Å². The van der Waals surface area contributed by atoms with Crippen LogP contribution < -0.4 is 10.6 Å². The molecule has 3 rings (SSSR count). The molecule has 0 spiro atoms. The number of amides is 3. The summed E-state index contributed by atoms with van der Waals surface area (Å²) in [5.41, 5.74) is 1.66. The molecule has 3 amide bonds. The van der Waals surface area contributed by atoms with E-state index in [2.05, 4.69) is 10.6 Å². The van der Waals surface area contributed by atoms with Crippen LogP contribution in [0.2, 0.25) is 0 Å². The number of carbonyl (C=O) groups is 3. The first kappa shape index (κ1) is 29.2. The van der Waals surface area contributed by atoms with Gasteiger partial charge in [0.15, 0.2) is 0 Å². The molecule has 11 heteroatoms. The molecule has 1 aliphatic rings. The number of hydrogen-bond acceptors (Lipinski definition) is 7. The minimum Gasteiger partial charge on any atom is -0.445 e. The molecular weight excluding hydrogens is 489 g/mol. The Morgan fingerprint density at radius 2 is 1.68 bits per heavy atom. The van der Waals surface area contributed by atoms with Gasteiger partial charge in [-0.2, -0.15) is 0 Å². The third-order valence-electron chi connectivity index (χ3n) is 6.48. The van der Waals surface area contributed by atoms with Gasteiger partial charge >= 0.3 is 13.2 Å². The number of nitrogens with zero attached hydrogens (tertiary/aromatic N) is 1. The van der Waals surface area contributed by atoms with Crippen molar-refractivity contribution in [3.8, 4) is 0 Å². The van der Waals surface area contributed by atoms with Crippen LogP contribution in [-0.2, 0) is 32.1 Å². The zero-order chi connectivity index (χ0) is 27.3. The number of nitrogens with one attached hydrogen (secondary N) is 2. The van der Waals surface area contributed by atoms with Crippen LogP contribution in [0.4, 0.5) is 4.79 Å². The molecule has 1 heterocycles. The SMILES string of the molecule is COCCC[C@@H](NC(=O)[C@@H]1CCCN1C(=O)[C@@H](Cc1ccccc1)NC(=O)OCc1ccccc1)B(O)O. The number of alkyl carbamates (subject to hydrolysis) is 1. The van der Waals surface area contributed by atoms with E-state index in [4.69, 9.17) is 9.47 Å². The molecule has 2 aromatic carbocycles. The smallest absolute Gasteiger partial charge is 0.445 e. The fourth-order valence-electron chi connectivity index (χ4n) is 4.48. The second-order valence-corrected chi connectivity index (χ2v) is 9.30. The van der Waals surface area contributed by atoms with Gasteiger partial charge in [-0.3, -0.25) is 9.59 Å². The summed E-state index contributed by atoms with van der Waals surface area (Å²) in [4.78, 5) is 40.9. The van der Waals surface area contributed by atoms with Crippen LogP contribution in [0.5, 0.6) is 0 Å². The molecule has 0 unspecified atom stereocenters. The average molecular weight is 525 g/mol. The third-order valence-corrected chi connectivity index (χ3v) is 6.48. The molecule has 4 N–H and O–H groups in total. The van der Waals surface area contributed by atoms with Crippen molar-refractivity contribution in [1.29, 1.82) is 0 Å². The second-order valence-electron chi connectivity index (χ2n) is 9.30. The molecule has 0 aromatic heterocycles. The van der Waals surface area contributed by atoms with Crippen molar-refractivity contribution in [2.45, 2.75) is 56.7 Å². The van der Waals surface area contributed by atoms with Gasteiger partial charge in [0.05, 0.1) is 5.94 Å². The highest BCUT2D eigenvalue weighted by atomic mass is 16.5. The van der Waals surface area contributed by atoms with Gasteiger partial charge in [0.1, 0.15) is 18.7 Å². The summed E-state index contributed by atoms with van der Waals surface area (Å²) in [6, 6.07) is 16.8. The summed E-state index contributed by atoms with van der Waals surface area (Å²) in [6.45, 7) is 0.820. The molecule has 0 saturated carbocycles. The Kier molecular flexibility index (Phi) is 11.6. The topological polar surface area (TPSA) is 137 Å². The maximum Gasteiger partial charge on any atom is 0.475 e. The Morgan fingerprint density at radius 1 is 1.03 bits per heavy atom. The van der Waals surface area contributed by atoms with Gasteiger partial charge < -0.3 is 35.1 Å². The Balaban J connectivity index is 1.69. The number of hydrogen-bond donors (Lipinski definition) is 4. The molecule has 0 radical (unpaired) electrons. The fourth-order valence-corrected chi connectivity index (χ4v) is 4.48. The summed E-state index contributed by atoms with van der Waals surface area (Å²) in [5.74, 6) is -1.75. The van der Waals surface area contributed by atoms with Gasteiger partial charge in [-0.25, -0.2) is 4.79 Å². The van der Waals surface area contributed by atoms with E-state index in [1.54, 1.807) is 7.11 Å². The molecule has 2 aromatic rings. The lowest BCUT2D eigenvalue weighted by Gasteiger charge is -2.30. The van der Waals surface area contributed by atoms with E-state index >= 15 is 0 Å². The number of methoxy groups -OCH3 is 1. The first-order valence-electron chi connectivity index (χ1n) is 12.9. The van der Waals surface area contributed by atoms with Crippen LogP contribution in [-0.4, -0.2) is 78.3 Å². The van der Waals surface area contributed by atoms with Crippen molar-refractivity contribution in [3.05, 3.63) is 71.8 Å². The van der Waals surface area contributed by atoms with Gasteiger partial charge in [0.25, 0.3) is 0 Å². The number of carbonyl (C=O) groups excluding carboxylic acids is 3. The molecular formula is C27H36BN3O7. The largest absolute Gasteiger partial charge is 0.475 e. The van der Waals surface area contributed by atoms with Crippen molar-refractivity contribution in [1.82, 2.24) is 15.5 Å². The van der Waals surface area contributed by atoms with Crippen LogP contribution in [0.3, 0.4) is 0 Å². The summed E-state index contributed by atoms with van der Waals surface area (Å²) in [6.07, 6.45) is 1.37. The van der Waals surface area contributed by atoms with Crippen molar-refractivity contribution in [2.24, 2.45) is 0 Å². The van der Waals surface area contributed by atoms with Gasteiger partial charge in [-0.05, 0) is 36.8 Å². The van der Waals surface area contributed by atoms with Crippen molar-refractivity contribution in [3.63, 3.8) is 0 Å². The lowest BCUT2D eigenvalue weighted by atomic mass is 9.76. The average Bonchev–Trinajstić information content (AvgIpc) is 3.42. The van der Waals surface area contributed by atoms with Crippen LogP contribution in [0.1, 0.15) is 36.8 Å². The Bertz CT molecular complexity index is 1030. The van der Waals surface area contributed by atoms with Crippen LogP contribution in [0.15, 0.2) is 60.7 Å². The van der Waals surface area contributed by atoms with Crippen molar-refractivity contribution in [2.75, 3.05) is 20.3 Å². The van der Waals surface area contributed by atoms with Gasteiger partial charge in [0, 0.05) is 26.7 Å². The normalized spacial score (nSPS) is 16.4. The lowest BCUT2D eigenvalue weighted by molar-refractivity contribution is -0.140. The Labute approximate surface area is 223 Å². The van der Waals surface area contributed by atoms with Gasteiger partial charge in [0.2, 0.25) is 11.8 Å². The Morgan fingerprint density at radius 3 is 2.32 bits per heavy atom. The Hall–Kier alpha value is -3.41. The number of rotatable bonds is 13. The number of benzene rings is 2. The minimum atomic E-state index is -1.74. The highest BCUT2D eigenvalue weighted by molar-refractivity contribution is 6.43. The molecule has 1 fully saturated rings. The van der Waals surface area contributed by atoms with Gasteiger partial charge in [-0.15, -0.1) is 0 Å². The summed E-state index contributed by atoms with van der Waals surface area (Å²) < 4.78 is 10.3. The third kappa shape index (κ3) is 8.86. The zero-order valence-corrected chi connectivity index (χ0v) is 21.6. The van der Waals surface area contributed by atoms with E-state index in [1.807, 2.05) is 60.7 Å². The first-order valence-corrected chi connectivity index (χ1v) is 12.9. The standard InChI is InChI=1S/C27H36BN3O7/c1-37-17-9-15-24(28(35)36)30-25(32)23-14-8-16-31(23)26(33)22(18-20-10-4-2-5-11-20)29-27(34)38-19-21-12-6-3-7-13-21/h2-7,10-13,22-24,35-36H,8-9,14-19H2,1H3,(H,29,34)(H,30,32)/t22-,23+,24-/m1/s1. The lowest BCUT2D eigenvalue weighted by Crippen LogP contribution is -2.56. The van der Waals surface area contributed by atoms with E-state index in [0.717, 1.165) is 11.1 Å². The van der Waals surface area contributed by atoms with Crippen molar-refractivity contribution >= 4 is 25.0 Å². The quantitative estimate of drug-likeness (QED) is 0.229. The van der Waals surface area contributed by atoms with Gasteiger partial charge in [-0.1, -0.05) is 60.7 Å². The molecule has 0 bridgehead atoms. The highest BCUT2D eigenvalue weighted by Gasteiger charge is 2.39. The molecule has 1 saturated heterocycles. The predicted molar refractivity (Wildman–Crippen MR) is 142 cm³/mol. The summed E-state index contributed by atoms with van der Waals surface area (Å²) in [5, 5.41) is 24.8. The van der Waals surface area contributed by atoms with E-state index in [9.17, 15) is 24.4 Å². The first-order chi connectivity index (χ1) is 18.4. The molecule has 3 atom stereocenters. The molecule has 1 aliphatic heterocycles. The maximum absolute atomic E-state index is 13.7. The number of likely N-dealkylation sites (tertiary alicyclic amines) is 1. The molecule has 38 heavy (non-hydrogen) atoms. The van der Waals surface area contributed by atoms with Crippen LogP contribution in [0, 0.1) is 0 Å². The molecule has 0 aliphatic carbocycles. The van der Waals surface area contributed by atoms with E-state index in [1.165, 1.54) is 4.90 Å². The summed E-state index contributed by atoms with van der Waals surface area (Å²) >= 11 is 0.